The van der Waals surface area contributed by atoms with E-state index in [1.165, 1.54) is 24.6 Å². The molecule has 1 atom stereocenters. The highest BCUT2D eigenvalue weighted by Gasteiger charge is 2.09. The molecule has 0 spiro atoms. The number of piperidine rings is 1. The van der Waals surface area contributed by atoms with Gasteiger partial charge in [0.05, 0.1) is 6.21 Å². The summed E-state index contributed by atoms with van der Waals surface area (Å²) in [5.74, 6) is 0.411. The Bertz CT molecular complexity index is 694. The Labute approximate surface area is 139 Å². The lowest BCUT2D eigenvalue weighted by molar-refractivity contribution is 0.240. The molecular formula is C19H23N2OP. The van der Waals surface area contributed by atoms with Crippen LogP contribution in [0.25, 0.3) is 0 Å². The summed E-state index contributed by atoms with van der Waals surface area (Å²) in [6, 6.07) is 14.3. The molecule has 0 amide bonds. The lowest BCUT2D eigenvalue weighted by Gasteiger charge is -2.23. The largest absolute Gasteiger partial charge is 0.507 e. The number of phenols is 1. The van der Waals surface area contributed by atoms with Gasteiger partial charge in [-0.1, -0.05) is 51.0 Å². The summed E-state index contributed by atoms with van der Waals surface area (Å²) in [4.78, 5) is 0. The molecule has 3 nitrogen and oxygen atoms in total. The van der Waals surface area contributed by atoms with Crippen molar-refractivity contribution in [2.75, 3.05) is 13.1 Å². The van der Waals surface area contributed by atoms with E-state index in [0.29, 0.717) is 14.3 Å². The maximum atomic E-state index is 10.2. The summed E-state index contributed by atoms with van der Waals surface area (Å²) in [5.41, 5.74) is 2.06. The average Bonchev–Trinajstić information content (AvgIpc) is 2.59. The molecule has 4 heteroatoms. The summed E-state index contributed by atoms with van der Waals surface area (Å²) < 4.78 is 0. The number of phenolic OH excluding ortho intramolecular Hbond substituents is 1. The lowest BCUT2D eigenvalue weighted by atomic mass is 10.2. The van der Waals surface area contributed by atoms with Crippen molar-refractivity contribution in [2.24, 2.45) is 5.10 Å². The summed E-state index contributed by atoms with van der Waals surface area (Å²) in [6.07, 6.45) is 5.76. The first kappa shape index (κ1) is 16.0. The van der Waals surface area contributed by atoms with Crippen LogP contribution < -0.4 is 10.6 Å². The van der Waals surface area contributed by atoms with Crippen LogP contribution in [0.1, 0.15) is 30.4 Å². The van der Waals surface area contributed by atoms with Crippen molar-refractivity contribution in [3.63, 3.8) is 0 Å². The third kappa shape index (κ3) is 4.11. The Hall–Kier alpha value is -1.86. The smallest absolute Gasteiger partial charge is 0.126 e. The van der Waals surface area contributed by atoms with E-state index in [4.69, 9.17) is 0 Å². The monoisotopic (exact) mass is 326 g/mol. The molecule has 0 aromatic heterocycles. The van der Waals surface area contributed by atoms with Gasteiger partial charge in [-0.2, -0.15) is 5.10 Å². The highest BCUT2D eigenvalue weighted by atomic mass is 31.1. The molecule has 23 heavy (non-hydrogen) atoms. The van der Waals surface area contributed by atoms with Crippen LogP contribution in [0.3, 0.4) is 0 Å². The standard InChI is InChI=1S/C19H23N2OP/c1-15-8-7-11-18(19(15)22)23-17-10-4-3-9-16(17)14-20-21-12-5-2-6-13-21/h3-4,7-11,14,22-23H,2,5-6,12-13H2,1H3/b20-14+. The van der Waals surface area contributed by atoms with Crippen molar-refractivity contribution in [1.82, 2.24) is 5.01 Å². The number of rotatable bonds is 4. The molecule has 0 saturated carbocycles. The van der Waals surface area contributed by atoms with Crippen LogP contribution in [0.2, 0.25) is 0 Å². The van der Waals surface area contributed by atoms with Crippen molar-refractivity contribution in [3.05, 3.63) is 53.6 Å². The predicted octanol–water partition coefficient (Wildman–Crippen LogP) is 3.15. The number of benzene rings is 2. The molecule has 1 unspecified atom stereocenters. The van der Waals surface area contributed by atoms with E-state index < -0.39 is 0 Å². The van der Waals surface area contributed by atoms with E-state index in [1.807, 2.05) is 43.5 Å². The minimum absolute atomic E-state index is 0.411. The molecule has 1 fully saturated rings. The SMILES string of the molecule is Cc1cccc(Pc2ccccc2/C=N/N2CCCCC2)c1O. The van der Waals surface area contributed by atoms with Crippen LogP contribution >= 0.6 is 8.58 Å². The van der Waals surface area contributed by atoms with Gasteiger partial charge in [0, 0.05) is 24.0 Å². The lowest BCUT2D eigenvalue weighted by Crippen LogP contribution is -2.24. The normalized spacial score (nSPS) is 15.8. The van der Waals surface area contributed by atoms with E-state index in [-0.39, 0.29) is 0 Å². The fourth-order valence-electron chi connectivity index (χ4n) is 2.76. The molecule has 0 radical (unpaired) electrons. The molecule has 1 N–H and O–H groups in total. The number of aryl methyl sites for hydroxylation is 1. The first-order chi connectivity index (χ1) is 11.2. The molecular weight excluding hydrogens is 303 g/mol. The van der Waals surface area contributed by atoms with Crippen LogP contribution in [0.5, 0.6) is 5.75 Å². The van der Waals surface area contributed by atoms with Crippen LogP contribution in [0.15, 0.2) is 47.6 Å². The number of hydrogen-bond acceptors (Lipinski definition) is 3. The summed E-state index contributed by atoms with van der Waals surface area (Å²) in [7, 11) is 0.430. The molecule has 120 valence electrons. The van der Waals surface area contributed by atoms with Crippen molar-refractivity contribution in [2.45, 2.75) is 26.2 Å². The second kappa shape index (κ2) is 7.61. The molecule has 2 aromatic rings. The number of hydrazone groups is 1. The van der Waals surface area contributed by atoms with E-state index >= 15 is 0 Å². The summed E-state index contributed by atoms with van der Waals surface area (Å²) >= 11 is 0. The summed E-state index contributed by atoms with van der Waals surface area (Å²) in [6.45, 7) is 4.05. The van der Waals surface area contributed by atoms with Gasteiger partial charge in [-0.05, 0) is 37.1 Å². The molecule has 0 aliphatic carbocycles. The third-order valence-electron chi connectivity index (χ3n) is 4.16. The molecule has 3 rings (SSSR count). The van der Waals surface area contributed by atoms with Gasteiger partial charge in [0.1, 0.15) is 5.75 Å². The number of hydrogen-bond donors (Lipinski definition) is 1. The average molecular weight is 326 g/mol. The number of para-hydroxylation sites is 1. The first-order valence-corrected chi connectivity index (χ1v) is 9.17. The predicted molar refractivity (Wildman–Crippen MR) is 99.9 cm³/mol. The van der Waals surface area contributed by atoms with Crippen LogP contribution in [0.4, 0.5) is 0 Å². The topological polar surface area (TPSA) is 35.8 Å². The molecule has 1 aliphatic rings. The minimum atomic E-state index is 0.411. The Balaban J connectivity index is 1.80. The number of aromatic hydroxyl groups is 1. The molecule has 1 aliphatic heterocycles. The third-order valence-corrected chi connectivity index (χ3v) is 5.56. The van der Waals surface area contributed by atoms with Crippen molar-refractivity contribution < 1.29 is 5.11 Å². The van der Waals surface area contributed by atoms with Gasteiger partial charge in [-0.15, -0.1) is 0 Å². The highest BCUT2D eigenvalue weighted by Crippen LogP contribution is 2.22. The fraction of sp³-hybridized carbons (Fsp3) is 0.316. The van der Waals surface area contributed by atoms with Gasteiger partial charge < -0.3 is 5.11 Å². The van der Waals surface area contributed by atoms with Gasteiger partial charge in [0.25, 0.3) is 0 Å². The van der Waals surface area contributed by atoms with E-state index in [1.54, 1.807) is 0 Å². The Morgan fingerprint density at radius 3 is 2.57 bits per heavy atom. The fourth-order valence-corrected chi connectivity index (χ4v) is 4.02. The first-order valence-electron chi connectivity index (χ1n) is 8.17. The van der Waals surface area contributed by atoms with Gasteiger partial charge in [0.15, 0.2) is 0 Å². The Morgan fingerprint density at radius 1 is 1.00 bits per heavy atom. The van der Waals surface area contributed by atoms with Gasteiger partial charge in [-0.3, -0.25) is 5.01 Å². The van der Waals surface area contributed by atoms with Crippen molar-refractivity contribution in [3.8, 4) is 5.75 Å². The highest BCUT2D eigenvalue weighted by molar-refractivity contribution is 7.56. The van der Waals surface area contributed by atoms with Crippen molar-refractivity contribution >= 4 is 25.4 Å². The second-order valence-electron chi connectivity index (χ2n) is 5.94. The zero-order valence-electron chi connectivity index (χ0n) is 13.5. The van der Waals surface area contributed by atoms with E-state index in [9.17, 15) is 5.11 Å². The molecule has 2 aromatic carbocycles. The maximum Gasteiger partial charge on any atom is 0.126 e. The van der Waals surface area contributed by atoms with Gasteiger partial charge in [0.2, 0.25) is 0 Å². The van der Waals surface area contributed by atoms with Crippen LogP contribution in [0, 0.1) is 6.92 Å². The quantitative estimate of drug-likeness (QED) is 0.692. The van der Waals surface area contributed by atoms with Crippen LogP contribution in [-0.4, -0.2) is 29.4 Å². The second-order valence-corrected chi connectivity index (χ2v) is 7.27. The molecule has 1 saturated heterocycles. The maximum absolute atomic E-state index is 10.2. The van der Waals surface area contributed by atoms with Gasteiger partial charge in [-0.25, -0.2) is 0 Å². The summed E-state index contributed by atoms with van der Waals surface area (Å²) in [5, 5.41) is 19.3. The Morgan fingerprint density at radius 2 is 1.74 bits per heavy atom. The van der Waals surface area contributed by atoms with E-state index in [0.717, 1.165) is 29.5 Å². The van der Waals surface area contributed by atoms with Gasteiger partial charge >= 0.3 is 0 Å². The van der Waals surface area contributed by atoms with E-state index in [2.05, 4.69) is 22.2 Å². The minimum Gasteiger partial charge on any atom is -0.507 e. The molecule has 0 bridgehead atoms. The zero-order valence-corrected chi connectivity index (χ0v) is 14.5. The Kier molecular flexibility index (Phi) is 5.30. The zero-order chi connectivity index (χ0) is 16.1. The van der Waals surface area contributed by atoms with Crippen LogP contribution in [-0.2, 0) is 0 Å². The van der Waals surface area contributed by atoms with Crippen molar-refractivity contribution in [1.29, 1.82) is 0 Å². The molecule has 1 heterocycles. The number of nitrogens with zero attached hydrogens (tertiary/aromatic N) is 2.